The van der Waals surface area contributed by atoms with E-state index >= 15 is 0 Å². The fraction of sp³-hybridized carbons (Fsp3) is 0.409. The van der Waals surface area contributed by atoms with Crippen molar-refractivity contribution in [1.82, 2.24) is 19.5 Å². The number of benzene rings is 1. The highest BCUT2D eigenvalue weighted by atomic mass is 32.2. The molecule has 0 spiro atoms. The minimum atomic E-state index is -4.19. The van der Waals surface area contributed by atoms with E-state index in [1.165, 1.54) is 23.8 Å². The van der Waals surface area contributed by atoms with Gasteiger partial charge in [0.2, 0.25) is 15.9 Å². The van der Waals surface area contributed by atoms with Crippen LogP contribution in [0, 0.1) is 6.92 Å². The lowest BCUT2D eigenvalue weighted by Crippen LogP contribution is -2.58. The SMILES string of the molecule is Cc1c(-c2cccnc2)cccc1S(=O)(=O)N[C@@H](C(N)=O)C(=O)N1CCN(C2CC2)CC1. The summed E-state index contributed by atoms with van der Waals surface area (Å²) < 4.78 is 28.6. The van der Waals surface area contributed by atoms with Crippen molar-refractivity contribution in [2.45, 2.75) is 36.7 Å². The predicted molar refractivity (Wildman–Crippen MR) is 119 cm³/mol. The third kappa shape index (κ3) is 4.67. The maximum Gasteiger partial charge on any atom is 0.250 e. The van der Waals surface area contributed by atoms with Gasteiger partial charge in [-0.05, 0) is 43.0 Å². The molecule has 3 N–H and O–H groups in total. The molecule has 2 fully saturated rings. The average molecular weight is 458 g/mol. The average Bonchev–Trinajstić information content (AvgIpc) is 3.63. The van der Waals surface area contributed by atoms with Crippen molar-refractivity contribution < 1.29 is 18.0 Å². The lowest BCUT2D eigenvalue weighted by atomic mass is 10.0. The number of hydrogen-bond acceptors (Lipinski definition) is 6. The number of nitrogens with one attached hydrogen (secondary N) is 1. The van der Waals surface area contributed by atoms with E-state index in [0.717, 1.165) is 5.56 Å². The van der Waals surface area contributed by atoms with E-state index in [1.54, 1.807) is 37.5 Å². The molecule has 0 unspecified atom stereocenters. The first-order valence-electron chi connectivity index (χ1n) is 10.6. The van der Waals surface area contributed by atoms with Crippen molar-refractivity contribution in [1.29, 1.82) is 0 Å². The lowest BCUT2D eigenvalue weighted by molar-refractivity contribution is -0.139. The minimum absolute atomic E-state index is 0.0172. The fourth-order valence-corrected chi connectivity index (χ4v) is 5.54. The van der Waals surface area contributed by atoms with Crippen molar-refractivity contribution in [2.24, 2.45) is 5.73 Å². The zero-order valence-corrected chi connectivity index (χ0v) is 18.7. The van der Waals surface area contributed by atoms with Crippen LogP contribution in [0.3, 0.4) is 0 Å². The Kier molecular flexibility index (Phi) is 6.27. The monoisotopic (exact) mass is 457 g/mol. The lowest BCUT2D eigenvalue weighted by Gasteiger charge is -2.36. The van der Waals surface area contributed by atoms with Crippen LogP contribution in [0.1, 0.15) is 18.4 Å². The summed E-state index contributed by atoms with van der Waals surface area (Å²) in [5.74, 6) is -1.64. The number of carbonyl (C=O) groups is 2. The van der Waals surface area contributed by atoms with Gasteiger partial charge in [0, 0.05) is 50.2 Å². The van der Waals surface area contributed by atoms with Crippen molar-refractivity contribution >= 4 is 21.8 Å². The van der Waals surface area contributed by atoms with Gasteiger partial charge in [0.25, 0.3) is 5.91 Å². The number of nitrogens with zero attached hydrogens (tertiary/aromatic N) is 3. The van der Waals surface area contributed by atoms with Gasteiger partial charge in [-0.2, -0.15) is 4.72 Å². The van der Waals surface area contributed by atoms with Gasteiger partial charge in [0.15, 0.2) is 6.04 Å². The second-order valence-corrected chi connectivity index (χ2v) is 9.90. The summed E-state index contributed by atoms with van der Waals surface area (Å²) in [5.41, 5.74) is 7.39. The van der Waals surface area contributed by atoms with Crippen LogP contribution in [0.4, 0.5) is 0 Å². The number of pyridine rings is 1. The zero-order valence-electron chi connectivity index (χ0n) is 17.9. The molecule has 170 valence electrons. The molecule has 1 aromatic carbocycles. The molecule has 2 amide bonds. The number of aromatic nitrogens is 1. The fourth-order valence-electron chi connectivity index (χ4n) is 4.12. The minimum Gasteiger partial charge on any atom is -0.368 e. The van der Waals surface area contributed by atoms with E-state index in [1.807, 2.05) is 6.07 Å². The van der Waals surface area contributed by atoms with Crippen LogP contribution >= 0.6 is 0 Å². The largest absolute Gasteiger partial charge is 0.368 e. The molecule has 2 heterocycles. The van der Waals surface area contributed by atoms with Gasteiger partial charge in [-0.3, -0.25) is 19.5 Å². The van der Waals surface area contributed by atoms with E-state index in [9.17, 15) is 18.0 Å². The first kappa shape index (κ1) is 22.4. The Labute approximate surface area is 187 Å². The van der Waals surface area contributed by atoms with Crippen LogP contribution in [0.25, 0.3) is 11.1 Å². The quantitative estimate of drug-likeness (QED) is 0.583. The van der Waals surface area contributed by atoms with Gasteiger partial charge in [-0.1, -0.05) is 18.2 Å². The van der Waals surface area contributed by atoms with Crippen LogP contribution in [0.2, 0.25) is 0 Å². The molecule has 2 aliphatic rings. The first-order valence-corrected chi connectivity index (χ1v) is 12.1. The highest BCUT2D eigenvalue weighted by molar-refractivity contribution is 7.89. The Hall–Kier alpha value is -2.82. The van der Waals surface area contributed by atoms with Crippen LogP contribution in [-0.2, 0) is 19.6 Å². The van der Waals surface area contributed by atoms with E-state index < -0.39 is 27.9 Å². The third-order valence-electron chi connectivity index (χ3n) is 6.04. The Balaban J connectivity index is 1.54. The molecule has 1 aliphatic carbocycles. The number of primary amides is 1. The molecule has 1 saturated heterocycles. The number of hydrogen-bond donors (Lipinski definition) is 2. The standard InChI is InChI=1S/C22H27N5O4S/c1-15-18(16-4-3-9-24-14-16)5-2-6-19(15)32(30,31)25-20(21(23)28)22(29)27-12-10-26(11-13-27)17-7-8-17/h2-6,9,14,17,20,25H,7-8,10-13H2,1H3,(H2,23,28)/t20-/m0/s1. The molecule has 32 heavy (non-hydrogen) atoms. The smallest absolute Gasteiger partial charge is 0.250 e. The number of rotatable bonds is 7. The maximum atomic E-state index is 13.2. The molecule has 2 aromatic rings. The van der Waals surface area contributed by atoms with Crippen LogP contribution < -0.4 is 10.5 Å². The molecular formula is C22H27N5O4S. The normalized spacial score (nSPS) is 18.3. The summed E-state index contributed by atoms with van der Waals surface area (Å²) in [5, 5.41) is 0. The molecule has 1 atom stereocenters. The Morgan fingerprint density at radius 1 is 1.12 bits per heavy atom. The van der Waals surface area contributed by atoms with Crippen molar-refractivity contribution in [3.8, 4) is 11.1 Å². The number of piperazine rings is 1. The number of carbonyl (C=O) groups excluding carboxylic acids is 2. The van der Waals surface area contributed by atoms with Gasteiger partial charge >= 0.3 is 0 Å². The zero-order chi connectivity index (χ0) is 22.9. The third-order valence-corrected chi connectivity index (χ3v) is 7.61. The first-order chi connectivity index (χ1) is 15.3. The summed E-state index contributed by atoms with van der Waals surface area (Å²) in [6.07, 6.45) is 5.63. The second-order valence-electron chi connectivity index (χ2n) is 8.22. The summed E-state index contributed by atoms with van der Waals surface area (Å²) in [6, 6.07) is 7.37. The van der Waals surface area contributed by atoms with Crippen LogP contribution in [0.5, 0.6) is 0 Å². The molecule has 9 nitrogen and oxygen atoms in total. The molecule has 4 rings (SSSR count). The van der Waals surface area contributed by atoms with E-state index in [-0.39, 0.29) is 4.90 Å². The molecule has 0 bridgehead atoms. The number of amides is 2. The molecular weight excluding hydrogens is 430 g/mol. The van der Waals surface area contributed by atoms with Crippen LogP contribution in [0.15, 0.2) is 47.6 Å². The van der Waals surface area contributed by atoms with Gasteiger partial charge < -0.3 is 10.6 Å². The molecule has 1 aromatic heterocycles. The van der Waals surface area contributed by atoms with Crippen molar-refractivity contribution in [3.63, 3.8) is 0 Å². The van der Waals surface area contributed by atoms with Gasteiger partial charge in [-0.25, -0.2) is 8.42 Å². The predicted octanol–water partition coefficient (Wildman–Crippen LogP) is 0.496. The molecule has 10 heteroatoms. The molecule has 1 saturated carbocycles. The summed E-state index contributed by atoms with van der Waals surface area (Å²) >= 11 is 0. The van der Waals surface area contributed by atoms with E-state index in [0.29, 0.717) is 43.3 Å². The van der Waals surface area contributed by atoms with Crippen molar-refractivity contribution in [3.05, 3.63) is 48.3 Å². The second kappa shape index (κ2) is 8.97. The topological polar surface area (TPSA) is 126 Å². The van der Waals surface area contributed by atoms with Gasteiger partial charge in [0.05, 0.1) is 4.90 Å². The Bertz CT molecular complexity index is 1110. The van der Waals surface area contributed by atoms with E-state index in [2.05, 4.69) is 14.6 Å². The number of nitrogens with two attached hydrogens (primary N) is 1. The van der Waals surface area contributed by atoms with E-state index in [4.69, 9.17) is 5.73 Å². The summed E-state index contributed by atoms with van der Waals surface area (Å²) in [6.45, 7) is 3.98. The molecule has 0 radical (unpaired) electrons. The highest BCUT2D eigenvalue weighted by Gasteiger charge is 2.37. The maximum absolute atomic E-state index is 13.2. The summed E-state index contributed by atoms with van der Waals surface area (Å²) in [4.78, 5) is 33.0. The Morgan fingerprint density at radius 2 is 1.84 bits per heavy atom. The van der Waals surface area contributed by atoms with Gasteiger partial charge in [-0.15, -0.1) is 0 Å². The summed E-state index contributed by atoms with van der Waals surface area (Å²) in [7, 11) is -4.19. The highest BCUT2D eigenvalue weighted by Crippen LogP contribution is 2.29. The Morgan fingerprint density at radius 3 is 2.44 bits per heavy atom. The molecule has 1 aliphatic heterocycles. The number of sulfonamides is 1. The van der Waals surface area contributed by atoms with Gasteiger partial charge in [0.1, 0.15) is 0 Å². The van der Waals surface area contributed by atoms with Crippen LogP contribution in [-0.4, -0.2) is 73.3 Å². The van der Waals surface area contributed by atoms with Crippen molar-refractivity contribution in [2.75, 3.05) is 26.2 Å².